The molecule has 68 valence electrons. The quantitative estimate of drug-likeness (QED) is 0.661. The summed E-state index contributed by atoms with van der Waals surface area (Å²) >= 11 is 0. The first kappa shape index (κ1) is 6.66. The second kappa shape index (κ2) is 2.88. The Labute approximate surface area is 84.9 Å². The van der Waals surface area contributed by atoms with Crippen LogP contribution in [0.15, 0.2) is 48.5 Å². The first-order chi connectivity index (χ1) is 7.36. The molecular formula is C13H11N. The highest BCUT2D eigenvalue weighted by atomic mass is 14.9. The predicted molar refractivity (Wildman–Crippen MR) is 59.2 cm³/mol. The fourth-order valence-corrected chi connectivity index (χ4v) is 1.93. The zero-order valence-electron chi connectivity index (χ0n) is 8.77. The molecule has 0 radical (unpaired) electrons. The zero-order chi connectivity index (χ0) is 10.3. The van der Waals surface area contributed by atoms with Crippen LogP contribution in [0, 0.1) is 0 Å². The van der Waals surface area contributed by atoms with Gasteiger partial charge in [0, 0.05) is 17.8 Å². The molecule has 1 heterocycles. The van der Waals surface area contributed by atoms with E-state index in [1.54, 1.807) is 5.31 Å². The molecule has 0 spiro atoms. The molecule has 0 aromatic heterocycles. The summed E-state index contributed by atoms with van der Waals surface area (Å²) < 4.78 is 7.92. The van der Waals surface area contributed by atoms with Crippen molar-refractivity contribution >= 4 is 5.69 Å². The molecule has 0 fully saturated rings. The smallest absolute Gasteiger partial charge is 0.160 e. The van der Waals surface area contributed by atoms with Crippen molar-refractivity contribution in [2.24, 2.45) is 0 Å². The van der Waals surface area contributed by atoms with Crippen molar-refractivity contribution in [2.75, 3.05) is 5.31 Å². The number of hydrogen-bond acceptors (Lipinski definition) is 1. The van der Waals surface area contributed by atoms with Crippen LogP contribution in [0.2, 0.25) is 1.41 Å². The molecule has 1 aliphatic heterocycles. The molecule has 0 unspecified atom stereocenters. The predicted octanol–water partition coefficient (Wildman–Crippen LogP) is 3.28. The third-order valence-corrected chi connectivity index (χ3v) is 2.63. The first-order valence-corrected chi connectivity index (χ1v) is 4.80. The van der Waals surface area contributed by atoms with Gasteiger partial charge in [-0.05, 0) is 17.2 Å². The lowest BCUT2D eigenvalue weighted by Gasteiger charge is -2.20. The number of fused-ring (bicyclic) bond motifs is 3. The number of rotatable bonds is 0. The van der Waals surface area contributed by atoms with Crippen molar-refractivity contribution in [3.05, 3.63) is 54.1 Å². The summed E-state index contributed by atoms with van der Waals surface area (Å²) in [7, 11) is 0. The second-order valence-electron chi connectivity index (χ2n) is 3.49. The van der Waals surface area contributed by atoms with E-state index in [-0.39, 0.29) is 0 Å². The molecule has 0 saturated heterocycles. The Kier molecular flexibility index (Phi) is 1.37. The average Bonchev–Trinajstić information content (AvgIpc) is 2.30. The molecule has 1 N–H and O–H groups in total. The van der Waals surface area contributed by atoms with Crippen LogP contribution in [0.1, 0.15) is 5.56 Å². The number of benzene rings is 2. The van der Waals surface area contributed by atoms with Gasteiger partial charge in [-0.2, -0.15) is 0 Å². The Morgan fingerprint density at radius 3 is 2.57 bits per heavy atom. The summed E-state index contributed by atoms with van der Waals surface area (Å²) in [5.41, 5.74) is 4.65. The minimum Gasteiger partial charge on any atom is -0.380 e. The van der Waals surface area contributed by atoms with Gasteiger partial charge in [-0.1, -0.05) is 42.5 Å². The Morgan fingerprint density at radius 1 is 0.929 bits per heavy atom. The van der Waals surface area contributed by atoms with Gasteiger partial charge in [-0.25, -0.2) is 0 Å². The normalized spacial score (nSPS) is 14.3. The minimum atomic E-state index is 0.674. The molecule has 14 heavy (non-hydrogen) atoms. The van der Waals surface area contributed by atoms with Crippen LogP contribution in [-0.4, -0.2) is 0 Å². The molecule has 2 aromatic rings. The zero-order valence-corrected chi connectivity index (χ0v) is 7.77. The minimum absolute atomic E-state index is 0.674. The molecule has 1 nitrogen and oxygen atoms in total. The van der Waals surface area contributed by atoms with E-state index in [0.29, 0.717) is 6.54 Å². The third kappa shape index (κ3) is 1.02. The summed E-state index contributed by atoms with van der Waals surface area (Å²) in [6, 6.07) is 16.4. The molecule has 0 amide bonds. The van der Waals surface area contributed by atoms with Crippen LogP contribution in [0.3, 0.4) is 0 Å². The molecule has 1 heteroatoms. The Bertz CT molecular complexity index is 507. The van der Waals surface area contributed by atoms with Crippen LogP contribution in [-0.2, 0) is 6.54 Å². The SMILES string of the molecule is [3H]N1Cc2ccccc2-c2ccccc21. The van der Waals surface area contributed by atoms with Crippen molar-refractivity contribution in [1.29, 1.82) is 0 Å². The molecule has 2 aromatic carbocycles. The maximum Gasteiger partial charge on any atom is 0.160 e. The van der Waals surface area contributed by atoms with Gasteiger partial charge in [0.2, 0.25) is 0 Å². The molecule has 1 aliphatic rings. The largest absolute Gasteiger partial charge is 0.380 e. The summed E-state index contributed by atoms with van der Waals surface area (Å²) in [6.45, 7) is 0.674. The Morgan fingerprint density at radius 2 is 1.64 bits per heavy atom. The second-order valence-corrected chi connectivity index (χ2v) is 3.49. The summed E-state index contributed by atoms with van der Waals surface area (Å²) in [6.07, 6.45) is 0. The van der Waals surface area contributed by atoms with E-state index in [1.165, 1.54) is 11.1 Å². The lowest BCUT2D eigenvalue weighted by Crippen LogP contribution is -2.07. The van der Waals surface area contributed by atoms with Gasteiger partial charge >= 0.3 is 0 Å². The van der Waals surface area contributed by atoms with Gasteiger partial charge in [0.05, 0.1) is 0 Å². The van der Waals surface area contributed by atoms with Crippen LogP contribution in [0.4, 0.5) is 5.69 Å². The lowest BCUT2D eigenvalue weighted by atomic mass is 9.95. The highest BCUT2D eigenvalue weighted by molar-refractivity contribution is 5.82. The molecule has 0 saturated carbocycles. The average molecular weight is 183 g/mol. The summed E-state index contributed by atoms with van der Waals surface area (Å²) in [5, 5.41) is 1.55. The standard InChI is InChI=1S/C13H11N/c1-2-6-11-10(5-1)9-14-13-8-4-3-7-12(11)13/h1-8,14H,9H2/i/hT. The van der Waals surface area contributed by atoms with Crippen LogP contribution in [0.5, 0.6) is 0 Å². The van der Waals surface area contributed by atoms with Crippen LogP contribution >= 0.6 is 0 Å². The monoisotopic (exact) mass is 183 g/mol. The van der Waals surface area contributed by atoms with Crippen LogP contribution in [0.25, 0.3) is 11.1 Å². The number of nitrogens with one attached hydrogen (secondary N) is 1. The van der Waals surface area contributed by atoms with Gasteiger partial charge < -0.3 is 5.31 Å². The van der Waals surface area contributed by atoms with E-state index >= 15 is 0 Å². The van der Waals surface area contributed by atoms with E-state index in [0.717, 1.165) is 11.3 Å². The van der Waals surface area contributed by atoms with E-state index in [4.69, 9.17) is 1.41 Å². The van der Waals surface area contributed by atoms with Crippen molar-refractivity contribution in [3.63, 3.8) is 0 Å². The van der Waals surface area contributed by atoms with Crippen LogP contribution < -0.4 is 5.31 Å². The van der Waals surface area contributed by atoms with Crippen molar-refractivity contribution < 1.29 is 1.41 Å². The fraction of sp³-hybridized carbons (Fsp3) is 0.0769. The Balaban J connectivity index is 2.30. The lowest BCUT2D eigenvalue weighted by molar-refractivity contribution is 1.13. The maximum atomic E-state index is 7.92. The van der Waals surface area contributed by atoms with Crippen molar-refractivity contribution in [3.8, 4) is 11.1 Å². The number of para-hydroxylation sites is 1. The van der Waals surface area contributed by atoms with Gasteiger partial charge in [0.25, 0.3) is 0 Å². The Hall–Kier alpha value is -1.76. The third-order valence-electron chi connectivity index (χ3n) is 2.63. The number of hydrogen-bond donors (Lipinski definition) is 1. The van der Waals surface area contributed by atoms with E-state index in [9.17, 15) is 0 Å². The van der Waals surface area contributed by atoms with Gasteiger partial charge in [-0.3, -0.25) is 0 Å². The fourth-order valence-electron chi connectivity index (χ4n) is 1.93. The molecule has 0 atom stereocenters. The van der Waals surface area contributed by atoms with Gasteiger partial charge in [-0.15, -0.1) is 0 Å². The van der Waals surface area contributed by atoms with Crippen molar-refractivity contribution in [2.45, 2.75) is 6.54 Å². The first-order valence-electron chi connectivity index (χ1n) is 5.25. The van der Waals surface area contributed by atoms with Crippen molar-refractivity contribution in [1.82, 2.24) is 0 Å². The van der Waals surface area contributed by atoms with Gasteiger partial charge in [0.1, 0.15) is 0 Å². The van der Waals surface area contributed by atoms with E-state index in [2.05, 4.69) is 24.3 Å². The molecule has 0 bridgehead atoms. The highest BCUT2D eigenvalue weighted by Gasteiger charge is 2.12. The van der Waals surface area contributed by atoms with Gasteiger partial charge in [0.15, 0.2) is 1.41 Å². The maximum absolute atomic E-state index is 7.92. The topological polar surface area (TPSA) is 12.0 Å². The molecule has 0 aliphatic carbocycles. The highest BCUT2D eigenvalue weighted by Crippen LogP contribution is 2.34. The van der Waals surface area contributed by atoms with E-state index in [1.807, 2.05) is 24.3 Å². The molecule has 3 rings (SSSR count). The molecular weight excluding hydrogens is 170 g/mol. The summed E-state index contributed by atoms with van der Waals surface area (Å²) in [4.78, 5) is 0. The van der Waals surface area contributed by atoms with E-state index < -0.39 is 0 Å². The number of anilines is 1. The summed E-state index contributed by atoms with van der Waals surface area (Å²) in [5.74, 6) is 0.